The zero-order valence-electron chi connectivity index (χ0n) is 13.2. The van der Waals surface area contributed by atoms with Crippen LogP contribution in [0.15, 0.2) is 6.07 Å². The first kappa shape index (κ1) is 15.2. The fourth-order valence-electron chi connectivity index (χ4n) is 2.54. The van der Waals surface area contributed by atoms with Crippen LogP contribution in [0.25, 0.3) is 0 Å². The summed E-state index contributed by atoms with van der Waals surface area (Å²) in [5, 5.41) is 17.5. The van der Waals surface area contributed by atoms with E-state index in [9.17, 15) is 9.59 Å². The van der Waals surface area contributed by atoms with Gasteiger partial charge in [0.05, 0.1) is 36.7 Å². The largest absolute Gasteiger partial charge is 0.350 e. The number of nitrogens with zero attached hydrogens (tertiary/aromatic N) is 5. The van der Waals surface area contributed by atoms with Gasteiger partial charge < -0.3 is 10.2 Å². The van der Waals surface area contributed by atoms with Crippen molar-refractivity contribution in [3.63, 3.8) is 0 Å². The molecule has 122 valence electrons. The van der Waals surface area contributed by atoms with Crippen molar-refractivity contribution in [2.24, 2.45) is 0 Å². The summed E-state index contributed by atoms with van der Waals surface area (Å²) >= 11 is 0. The van der Waals surface area contributed by atoms with Gasteiger partial charge >= 0.3 is 0 Å². The molecule has 0 aromatic carbocycles. The van der Waals surface area contributed by atoms with Crippen molar-refractivity contribution in [1.82, 2.24) is 35.4 Å². The van der Waals surface area contributed by atoms with E-state index in [1.165, 1.54) is 0 Å². The Kier molecular flexibility index (Phi) is 4.09. The molecule has 2 aromatic heterocycles. The van der Waals surface area contributed by atoms with Gasteiger partial charge in [-0.05, 0) is 13.0 Å². The van der Waals surface area contributed by atoms with Crippen molar-refractivity contribution in [1.29, 1.82) is 0 Å². The van der Waals surface area contributed by atoms with Crippen molar-refractivity contribution >= 4 is 11.8 Å². The number of carbonyl (C=O) groups excluding carboxylic acids is 2. The number of aromatic nitrogens is 5. The van der Waals surface area contributed by atoms with Crippen molar-refractivity contribution in [3.05, 3.63) is 28.8 Å². The quantitative estimate of drug-likeness (QED) is 0.824. The molecule has 3 heterocycles. The van der Waals surface area contributed by atoms with E-state index in [1.54, 1.807) is 11.8 Å². The minimum Gasteiger partial charge on any atom is -0.350 e. The second-order valence-corrected chi connectivity index (χ2v) is 5.46. The van der Waals surface area contributed by atoms with E-state index in [2.05, 4.69) is 25.8 Å². The van der Waals surface area contributed by atoms with Gasteiger partial charge in [0.25, 0.3) is 5.91 Å². The summed E-state index contributed by atoms with van der Waals surface area (Å²) in [6.45, 7) is 5.63. The molecule has 9 nitrogen and oxygen atoms in total. The summed E-state index contributed by atoms with van der Waals surface area (Å²) in [6, 6.07) is 1.92. The lowest BCUT2D eigenvalue weighted by atomic mass is 10.2. The summed E-state index contributed by atoms with van der Waals surface area (Å²) in [4.78, 5) is 25.5. The Bertz CT molecular complexity index is 733. The lowest BCUT2D eigenvalue weighted by Gasteiger charge is -2.27. The SMILES string of the molecule is CCC(=O)NCc1cc2n(n1)CCN(C(=O)c1n[nH]nc1C)C2. The van der Waals surface area contributed by atoms with E-state index in [0.29, 0.717) is 44.0 Å². The fraction of sp³-hybridized carbons (Fsp3) is 0.500. The topological polar surface area (TPSA) is 109 Å². The second kappa shape index (κ2) is 6.19. The van der Waals surface area contributed by atoms with Crippen LogP contribution in [0.2, 0.25) is 0 Å². The van der Waals surface area contributed by atoms with Crippen LogP contribution in [0.1, 0.15) is 40.9 Å². The van der Waals surface area contributed by atoms with E-state index >= 15 is 0 Å². The van der Waals surface area contributed by atoms with Crippen LogP contribution < -0.4 is 5.32 Å². The molecule has 0 saturated carbocycles. The molecule has 0 aliphatic carbocycles. The Morgan fingerprint density at radius 3 is 2.87 bits per heavy atom. The van der Waals surface area contributed by atoms with Gasteiger partial charge in [0.2, 0.25) is 5.91 Å². The van der Waals surface area contributed by atoms with Crippen molar-refractivity contribution in [3.8, 4) is 0 Å². The molecule has 0 unspecified atom stereocenters. The lowest BCUT2D eigenvalue weighted by Crippen LogP contribution is -2.38. The number of hydrogen-bond acceptors (Lipinski definition) is 5. The fourth-order valence-corrected chi connectivity index (χ4v) is 2.54. The molecular weight excluding hydrogens is 298 g/mol. The molecule has 9 heteroatoms. The molecule has 0 saturated heterocycles. The standard InChI is InChI=1S/C14H19N7O2/c1-3-12(22)15-7-10-6-11-8-20(4-5-21(11)18-10)14(23)13-9(2)16-19-17-13/h6H,3-5,7-8H2,1-2H3,(H,15,22)(H,16,17,19). The second-order valence-electron chi connectivity index (χ2n) is 5.46. The minimum atomic E-state index is -0.135. The molecule has 1 aliphatic heterocycles. The number of aromatic amines is 1. The first-order valence-electron chi connectivity index (χ1n) is 7.57. The van der Waals surface area contributed by atoms with E-state index in [4.69, 9.17) is 0 Å². The highest BCUT2D eigenvalue weighted by Crippen LogP contribution is 2.16. The van der Waals surface area contributed by atoms with Gasteiger partial charge in [-0.15, -0.1) is 0 Å². The highest BCUT2D eigenvalue weighted by Gasteiger charge is 2.26. The van der Waals surface area contributed by atoms with Crippen LogP contribution in [0, 0.1) is 6.92 Å². The molecule has 2 amide bonds. The van der Waals surface area contributed by atoms with Gasteiger partial charge in [-0.3, -0.25) is 14.3 Å². The van der Waals surface area contributed by atoms with E-state index in [0.717, 1.165) is 11.4 Å². The van der Waals surface area contributed by atoms with Crippen molar-refractivity contribution in [2.45, 2.75) is 39.9 Å². The maximum Gasteiger partial charge on any atom is 0.276 e. The average Bonchev–Trinajstić information content (AvgIpc) is 3.16. The lowest BCUT2D eigenvalue weighted by molar-refractivity contribution is -0.120. The van der Waals surface area contributed by atoms with E-state index < -0.39 is 0 Å². The normalized spacial score (nSPS) is 13.7. The minimum absolute atomic E-state index is 0.00529. The van der Waals surface area contributed by atoms with Crippen LogP contribution in [0.3, 0.4) is 0 Å². The molecule has 3 rings (SSSR count). The van der Waals surface area contributed by atoms with Gasteiger partial charge in [-0.25, -0.2) is 0 Å². The van der Waals surface area contributed by atoms with Gasteiger partial charge in [-0.2, -0.15) is 20.5 Å². The highest BCUT2D eigenvalue weighted by atomic mass is 16.2. The van der Waals surface area contributed by atoms with Crippen LogP contribution in [-0.2, 0) is 24.4 Å². The Balaban J connectivity index is 1.69. The van der Waals surface area contributed by atoms with Crippen LogP contribution in [0.4, 0.5) is 0 Å². The summed E-state index contributed by atoms with van der Waals surface area (Å²) < 4.78 is 1.88. The summed E-state index contributed by atoms with van der Waals surface area (Å²) in [6.07, 6.45) is 0.451. The Labute approximate surface area is 133 Å². The summed E-state index contributed by atoms with van der Waals surface area (Å²) in [7, 11) is 0. The van der Waals surface area contributed by atoms with Crippen molar-refractivity contribution in [2.75, 3.05) is 6.54 Å². The number of hydrogen-bond donors (Lipinski definition) is 2. The van der Waals surface area contributed by atoms with Gasteiger partial charge in [0.1, 0.15) is 0 Å². The predicted molar refractivity (Wildman–Crippen MR) is 80.2 cm³/mol. The number of amides is 2. The van der Waals surface area contributed by atoms with Gasteiger partial charge in [-0.1, -0.05) is 6.92 Å². The molecule has 0 bridgehead atoms. The molecule has 0 radical (unpaired) electrons. The third-order valence-corrected chi connectivity index (χ3v) is 3.85. The molecule has 23 heavy (non-hydrogen) atoms. The Hall–Kier alpha value is -2.71. The number of H-pyrrole nitrogens is 1. The number of nitrogens with one attached hydrogen (secondary N) is 2. The van der Waals surface area contributed by atoms with Crippen LogP contribution in [-0.4, -0.2) is 48.5 Å². The average molecular weight is 317 g/mol. The summed E-state index contributed by atoms with van der Waals surface area (Å²) in [5.74, 6) is -0.140. The molecule has 0 fully saturated rings. The monoisotopic (exact) mass is 317 g/mol. The smallest absolute Gasteiger partial charge is 0.276 e. The van der Waals surface area contributed by atoms with Gasteiger partial charge in [0.15, 0.2) is 5.69 Å². The highest BCUT2D eigenvalue weighted by molar-refractivity contribution is 5.93. The predicted octanol–water partition coefficient (Wildman–Crippen LogP) is -0.00818. The van der Waals surface area contributed by atoms with E-state index in [1.807, 2.05) is 17.7 Å². The number of aryl methyl sites for hydroxylation is 1. The molecule has 2 aromatic rings. The molecule has 1 aliphatic rings. The van der Waals surface area contributed by atoms with Crippen LogP contribution >= 0.6 is 0 Å². The number of carbonyl (C=O) groups is 2. The molecule has 2 N–H and O–H groups in total. The van der Waals surface area contributed by atoms with E-state index in [-0.39, 0.29) is 11.8 Å². The molecular formula is C14H19N7O2. The Morgan fingerprint density at radius 1 is 1.35 bits per heavy atom. The first-order valence-corrected chi connectivity index (χ1v) is 7.57. The number of rotatable bonds is 4. The third kappa shape index (κ3) is 3.08. The van der Waals surface area contributed by atoms with Crippen molar-refractivity contribution < 1.29 is 9.59 Å². The first-order chi connectivity index (χ1) is 11.1. The summed E-state index contributed by atoms with van der Waals surface area (Å²) in [5.41, 5.74) is 2.70. The molecule has 0 spiro atoms. The maximum atomic E-state index is 12.5. The maximum absolute atomic E-state index is 12.5. The molecule has 0 atom stereocenters. The van der Waals surface area contributed by atoms with Gasteiger partial charge in [0, 0.05) is 13.0 Å². The third-order valence-electron chi connectivity index (χ3n) is 3.85. The van der Waals surface area contributed by atoms with Crippen LogP contribution in [0.5, 0.6) is 0 Å². The Morgan fingerprint density at radius 2 is 2.17 bits per heavy atom. The number of fused-ring (bicyclic) bond motifs is 1. The zero-order valence-corrected chi connectivity index (χ0v) is 13.2. The zero-order chi connectivity index (χ0) is 16.4.